The fraction of sp³-hybridized carbons (Fsp3) is 0.162. The summed E-state index contributed by atoms with van der Waals surface area (Å²) in [5, 5.41) is 3.90. The standard InChI is InChI=1S/C37H31Cl2N3O5S/c1-4-46-31-18-23(14-16-30(31)47-21-24-13-15-28(38)29(39)17-24)19-32-36(44)42-34(25-9-8-12-27(20-25)45-3)33(22(2)40-37(42)48-32)35(43)41-26-10-6-5-7-11-26/h5-20,34H,4,21H2,1-3H3,(H,41,43)/b32-19-/t34-/m0/s1. The van der Waals surface area contributed by atoms with Crippen LogP contribution in [0.5, 0.6) is 17.2 Å². The lowest BCUT2D eigenvalue weighted by Gasteiger charge is -2.25. The lowest BCUT2D eigenvalue weighted by atomic mass is 9.95. The van der Waals surface area contributed by atoms with E-state index in [2.05, 4.69) is 5.32 Å². The minimum absolute atomic E-state index is 0.263. The molecule has 0 saturated heterocycles. The molecule has 0 bridgehead atoms. The summed E-state index contributed by atoms with van der Waals surface area (Å²) >= 11 is 13.5. The highest BCUT2D eigenvalue weighted by molar-refractivity contribution is 7.07. The van der Waals surface area contributed by atoms with E-state index in [1.54, 1.807) is 42.9 Å². The number of methoxy groups -OCH3 is 1. The summed E-state index contributed by atoms with van der Waals surface area (Å²) in [6.45, 7) is 4.36. The number of rotatable bonds is 10. The van der Waals surface area contributed by atoms with Gasteiger partial charge in [0.1, 0.15) is 12.4 Å². The predicted molar refractivity (Wildman–Crippen MR) is 190 cm³/mol. The molecule has 1 N–H and O–H groups in total. The maximum absolute atomic E-state index is 14.2. The van der Waals surface area contributed by atoms with Crippen molar-refractivity contribution in [3.63, 3.8) is 0 Å². The van der Waals surface area contributed by atoms with Crippen molar-refractivity contribution in [3.05, 3.63) is 149 Å². The molecular formula is C37H31Cl2N3O5S. The Hall–Kier alpha value is -4.83. The molecule has 6 rings (SSSR count). The number of carbonyl (C=O) groups excluding carboxylic acids is 1. The smallest absolute Gasteiger partial charge is 0.271 e. The molecule has 0 saturated carbocycles. The van der Waals surface area contributed by atoms with E-state index in [1.807, 2.05) is 79.7 Å². The van der Waals surface area contributed by atoms with Crippen LogP contribution >= 0.6 is 34.5 Å². The van der Waals surface area contributed by atoms with Crippen LogP contribution in [0.25, 0.3) is 6.08 Å². The van der Waals surface area contributed by atoms with Gasteiger partial charge in [0.15, 0.2) is 16.3 Å². The van der Waals surface area contributed by atoms with Crippen LogP contribution < -0.4 is 34.4 Å². The molecule has 1 aliphatic heterocycles. The number of ether oxygens (including phenoxy) is 3. The Kier molecular flexibility index (Phi) is 10.0. The number of thiazole rings is 1. The highest BCUT2D eigenvalue weighted by atomic mass is 35.5. The Balaban J connectivity index is 1.39. The molecule has 0 unspecified atom stereocenters. The van der Waals surface area contributed by atoms with Crippen molar-refractivity contribution in [1.29, 1.82) is 0 Å². The van der Waals surface area contributed by atoms with E-state index >= 15 is 0 Å². The maximum atomic E-state index is 14.2. The molecule has 0 fully saturated rings. The molecule has 11 heteroatoms. The Morgan fingerprint density at radius 2 is 1.77 bits per heavy atom. The number of aromatic nitrogens is 1. The maximum Gasteiger partial charge on any atom is 0.271 e. The average Bonchev–Trinajstić information content (AvgIpc) is 3.39. The average molecular weight is 701 g/mol. The zero-order valence-electron chi connectivity index (χ0n) is 26.3. The third-order valence-corrected chi connectivity index (χ3v) is 9.37. The van der Waals surface area contributed by atoms with Crippen molar-refractivity contribution in [3.8, 4) is 17.2 Å². The predicted octanol–water partition coefficient (Wildman–Crippen LogP) is 7.17. The van der Waals surface area contributed by atoms with Gasteiger partial charge in [-0.3, -0.25) is 14.2 Å². The second-order valence-corrected chi connectivity index (χ2v) is 12.7. The van der Waals surface area contributed by atoms with Gasteiger partial charge in [0.05, 0.1) is 45.6 Å². The van der Waals surface area contributed by atoms with Gasteiger partial charge in [-0.1, -0.05) is 77.0 Å². The fourth-order valence-electron chi connectivity index (χ4n) is 5.40. The fourth-order valence-corrected chi connectivity index (χ4v) is 6.77. The third kappa shape index (κ3) is 7.04. The van der Waals surface area contributed by atoms with E-state index in [9.17, 15) is 9.59 Å². The molecule has 48 heavy (non-hydrogen) atoms. The van der Waals surface area contributed by atoms with Crippen LogP contribution in [0.3, 0.4) is 0 Å². The van der Waals surface area contributed by atoms with Crippen LogP contribution in [0, 0.1) is 0 Å². The number of allylic oxidation sites excluding steroid dienone is 1. The summed E-state index contributed by atoms with van der Waals surface area (Å²) in [4.78, 5) is 33.3. The first-order valence-electron chi connectivity index (χ1n) is 15.1. The summed E-state index contributed by atoms with van der Waals surface area (Å²) < 4.78 is 19.5. The van der Waals surface area contributed by atoms with Gasteiger partial charge in [-0.05, 0) is 85.1 Å². The van der Waals surface area contributed by atoms with Crippen molar-refractivity contribution in [2.24, 2.45) is 4.99 Å². The summed E-state index contributed by atoms with van der Waals surface area (Å²) in [5.74, 6) is 1.34. The van der Waals surface area contributed by atoms with Crippen LogP contribution in [-0.2, 0) is 11.4 Å². The Morgan fingerprint density at radius 3 is 2.52 bits per heavy atom. The SMILES string of the molecule is CCOc1cc(/C=c2\sc3n(c2=O)[C@@H](c2cccc(OC)c2)C(C(=O)Nc2ccccc2)=C(C)N=3)ccc1OCc1ccc(Cl)c(Cl)c1. The molecule has 8 nitrogen and oxygen atoms in total. The molecule has 1 atom stereocenters. The first kappa shape index (κ1) is 33.1. The van der Waals surface area contributed by atoms with Crippen molar-refractivity contribution >= 4 is 52.2 Å². The van der Waals surface area contributed by atoms with E-state index in [0.29, 0.717) is 60.2 Å². The number of amides is 1. The molecule has 0 radical (unpaired) electrons. The van der Waals surface area contributed by atoms with Gasteiger partial charge in [0.25, 0.3) is 11.5 Å². The molecule has 2 heterocycles. The van der Waals surface area contributed by atoms with Crippen molar-refractivity contribution < 1.29 is 19.0 Å². The molecule has 1 amide bonds. The number of nitrogens with one attached hydrogen (secondary N) is 1. The number of carbonyl (C=O) groups is 1. The topological polar surface area (TPSA) is 91.2 Å². The number of nitrogens with zero attached hydrogens (tertiary/aromatic N) is 2. The number of halogens is 2. The Morgan fingerprint density at radius 1 is 0.958 bits per heavy atom. The quantitative estimate of drug-likeness (QED) is 0.167. The van der Waals surface area contributed by atoms with Gasteiger partial charge in [-0.25, -0.2) is 4.99 Å². The first-order chi connectivity index (χ1) is 23.2. The van der Waals surface area contributed by atoms with Gasteiger partial charge < -0.3 is 19.5 Å². The van der Waals surface area contributed by atoms with Crippen molar-refractivity contribution in [2.45, 2.75) is 26.5 Å². The van der Waals surface area contributed by atoms with Gasteiger partial charge in [-0.2, -0.15) is 0 Å². The van der Waals surface area contributed by atoms with Crippen molar-refractivity contribution in [1.82, 2.24) is 4.57 Å². The normalized spacial score (nSPS) is 14.3. The van der Waals surface area contributed by atoms with Gasteiger partial charge in [0.2, 0.25) is 0 Å². The summed E-state index contributed by atoms with van der Waals surface area (Å²) in [6, 6.07) is 26.6. The number of hydrogen-bond acceptors (Lipinski definition) is 7. The summed E-state index contributed by atoms with van der Waals surface area (Å²) in [6.07, 6.45) is 1.79. The second kappa shape index (κ2) is 14.5. The molecule has 4 aromatic carbocycles. The van der Waals surface area contributed by atoms with Gasteiger partial charge in [-0.15, -0.1) is 0 Å². The number of fused-ring (bicyclic) bond motifs is 1. The van der Waals surface area contributed by atoms with E-state index in [0.717, 1.165) is 16.7 Å². The van der Waals surface area contributed by atoms with E-state index in [4.69, 9.17) is 42.4 Å². The Labute approximate surface area is 291 Å². The van der Waals surface area contributed by atoms with Crippen LogP contribution in [0.2, 0.25) is 10.0 Å². The monoisotopic (exact) mass is 699 g/mol. The Bertz CT molecular complexity index is 2210. The minimum atomic E-state index is -0.738. The largest absolute Gasteiger partial charge is 0.497 e. The van der Waals surface area contributed by atoms with Crippen LogP contribution in [0.15, 0.2) is 112 Å². The lowest BCUT2D eigenvalue weighted by molar-refractivity contribution is -0.113. The molecule has 1 aliphatic rings. The van der Waals surface area contributed by atoms with E-state index in [1.165, 1.54) is 11.3 Å². The van der Waals surface area contributed by atoms with Crippen LogP contribution in [0.1, 0.15) is 36.6 Å². The zero-order valence-corrected chi connectivity index (χ0v) is 28.7. The van der Waals surface area contributed by atoms with E-state index < -0.39 is 6.04 Å². The number of anilines is 1. The minimum Gasteiger partial charge on any atom is -0.497 e. The second-order valence-electron chi connectivity index (χ2n) is 10.9. The van der Waals surface area contributed by atoms with Gasteiger partial charge in [0, 0.05) is 5.69 Å². The molecule has 0 aliphatic carbocycles. The summed E-state index contributed by atoms with van der Waals surface area (Å²) in [7, 11) is 1.58. The molecule has 244 valence electrons. The molecular weight excluding hydrogens is 669 g/mol. The molecule has 0 spiro atoms. The lowest BCUT2D eigenvalue weighted by Crippen LogP contribution is -2.40. The number of hydrogen-bond donors (Lipinski definition) is 1. The number of para-hydroxylation sites is 1. The zero-order chi connectivity index (χ0) is 33.8. The van der Waals surface area contributed by atoms with E-state index in [-0.39, 0.29) is 18.1 Å². The highest BCUT2D eigenvalue weighted by Crippen LogP contribution is 2.33. The number of benzene rings is 4. The molecule has 5 aromatic rings. The van der Waals surface area contributed by atoms with Gasteiger partial charge >= 0.3 is 0 Å². The highest BCUT2D eigenvalue weighted by Gasteiger charge is 2.32. The van der Waals surface area contributed by atoms with Crippen LogP contribution in [0.4, 0.5) is 5.69 Å². The molecule has 1 aromatic heterocycles. The third-order valence-electron chi connectivity index (χ3n) is 7.65. The van der Waals surface area contributed by atoms with Crippen LogP contribution in [-0.4, -0.2) is 24.2 Å². The first-order valence-corrected chi connectivity index (χ1v) is 16.7. The summed E-state index contributed by atoms with van der Waals surface area (Å²) in [5.41, 5.74) is 3.56. The van der Waals surface area contributed by atoms with Crippen molar-refractivity contribution in [2.75, 3.05) is 19.0 Å².